The van der Waals surface area contributed by atoms with Crippen molar-refractivity contribution in [3.63, 3.8) is 0 Å². The lowest BCUT2D eigenvalue weighted by Crippen LogP contribution is -1.98. The normalized spacial score (nSPS) is 10.1. The lowest BCUT2D eigenvalue weighted by Gasteiger charge is -2.09. The highest BCUT2D eigenvalue weighted by Gasteiger charge is 2.07. The number of aryl methyl sites for hydroxylation is 2. The van der Waals surface area contributed by atoms with Crippen molar-refractivity contribution in [1.82, 2.24) is 4.57 Å². The van der Waals surface area contributed by atoms with Crippen molar-refractivity contribution in [3.05, 3.63) is 52.8 Å². The van der Waals surface area contributed by atoms with E-state index in [1.165, 1.54) is 17.0 Å². The summed E-state index contributed by atoms with van der Waals surface area (Å²) in [5.74, 6) is 0. The molecule has 1 heterocycles. The molecule has 1 aromatic carbocycles. The molecular formula is C14H14N2. The predicted octanol–water partition coefficient (Wildman–Crippen LogP) is 3.27. The molecule has 0 bridgehead atoms. The molecule has 0 aliphatic heterocycles. The summed E-state index contributed by atoms with van der Waals surface area (Å²) in [5, 5.41) is 8.76. The van der Waals surface area contributed by atoms with Crippen LogP contribution in [0.2, 0.25) is 0 Å². The van der Waals surface area contributed by atoms with E-state index < -0.39 is 0 Å². The summed E-state index contributed by atoms with van der Waals surface area (Å²) >= 11 is 0. The lowest BCUT2D eigenvalue weighted by atomic mass is 10.2. The van der Waals surface area contributed by atoms with Crippen LogP contribution < -0.4 is 0 Å². The van der Waals surface area contributed by atoms with Crippen molar-refractivity contribution in [2.24, 2.45) is 0 Å². The fraction of sp³-hybridized carbons (Fsp3) is 0.214. The lowest BCUT2D eigenvalue weighted by molar-refractivity contribution is 0.960. The van der Waals surface area contributed by atoms with Crippen LogP contribution in [0.25, 0.3) is 5.69 Å². The second kappa shape index (κ2) is 3.86. The van der Waals surface area contributed by atoms with Crippen LogP contribution in [0.4, 0.5) is 0 Å². The van der Waals surface area contributed by atoms with E-state index in [-0.39, 0.29) is 0 Å². The third kappa shape index (κ3) is 1.61. The monoisotopic (exact) mass is 210 g/mol. The van der Waals surface area contributed by atoms with Gasteiger partial charge in [0.25, 0.3) is 0 Å². The molecule has 0 saturated carbocycles. The van der Waals surface area contributed by atoms with Crippen LogP contribution in [0.5, 0.6) is 0 Å². The third-order valence-electron chi connectivity index (χ3n) is 2.94. The molecule has 16 heavy (non-hydrogen) atoms. The molecule has 0 N–H and O–H groups in total. The smallest absolute Gasteiger partial charge is 0.0991 e. The summed E-state index contributed by atoms with van der Waals surface area (Å²) in [4.78, 5) is 0. The SMILES string of the molecule is Cc1cc(C)n(-c2ccc(C#N)cc2)c1C. The quantitative estimate of drug-likeness (QED) is 0.710. The van der Waals surface area contributed by atoms with Gasteiger partial charge >= 0.3 is 0 Å². The van der Waals surface area contributed by atoms with E-state index in [4.69, 9.17) is 5.26 Å². The minimum atomic E-state index is 0.697. The van der Waals surface area contributed by atoms with Gasteiger partial charge in [0, 0.05) is 17.1 Å². The first-order valence-electron chi connectivity index (χ1n) is 5.29. The average molecular weight is 210 g/mol. The Morgan fingerprint density at radius 2 is 1.69 bits per heavy atom. The minimum absolute atomic E-state index is 0.697. The Balaban J connectivity index is 2.55. The number of hydrogen-bond acceptors (Lipinski definition) is 1. The highest BCUT2D eigenvalue weighted by atomic mass is 15.0. The van der Waals surface area contributed by atoms with Crippen molar-refractivity contribution >= 4 is 0 Å². The van der Waals surface area contributed by atoms with Gasteiger partial charge in [-0.2, -0.15) is 5.26 Å². The molecule has 0 aliphatic rings. The van der Waals surface area contributed by atoms with Gasteiger partial charge in [0.1, 0.15) is 0 Å². The number of nitrogens with zero attached hydrogens (tertiary/aromatic N) is 2. The molecule has 2 nitrogen and oxygen atoms in total. The molecule has 0 spiro atoms. The largest absolute Gasteiger partial charge is 0.318 e. The zero-order chi connectivity index (χ0) is 11.7. The highest BCUT2D eigenvalue weighted by molar-refractivity contribution is 5.44. The summed E-state index contributed by atoms with van der Waals surface area (Å²) in [6, 6.07) is 12.0. The Labute approximate surface area is 95.8 Å². The van der Waals surface area contributed by atoms with Crippen molar-refractivity contribution in [3.8, 4) is 11.8 Å². The average Bonchev–Trinajstić information content (AvgIpc) is 2.54. The molecule has 0 fully saturated rings. The van der Waals surface area contributed by atoms with Gasteiger partial charge in [-0.3, -0.25) is 0 Å². The molecule has 0 atom stereocenters. The van der Waals surface area contributed by atoms with Crippen LogP contribution in [-0.2, 0) is 0 Å². The van der Waals surface area contributed by atoms with Gasteiger partial charge in [0.05, 0.1) is 11.6 Å². The maximum atomic E-state index is 8.76. The Kier molecular flexibility index (Phi) is 2.54. The van der Waals surface area contributed by atoms with Crippen LogP contribution in [0.15, 0.2) is 30.3 Å². The molecule has 0 saturated heterocycles. The molecule has 1 aromatic heterocycles. The van der Waals surface area contributed by atoms with E-state index in [2.05, 4.69) is 37.5 Å². The first-order valence-corrected chi connectivity index (χ1v) is 5.29. The Hall–Kier alpha value is -2.01. The maximum Gasteiger partial charge on any atom is 0.0991 e. The highest BCUT2D eigenvalue weighted by Crippen LogP contribution is 2.20. The Morgan fingerprint density at radius 3 is 2.12 bits per heavy atom. The van der Waals surface area contributed by atoms with E-state index in [0.29, 0.717) is 5.56 Å². The number of nitriles is 1. The van der Waals surface area contributed by atoms with Gasteiger partial charge in [0.2, 0.25) is 0 Å². The van der Waals surface area contributed by atoms with Gasteiger partial charge in [-0.15, -0.1) is 0 Å². The molecule has 80 valence electrons. The van der Waals surface area contributed by atoms with Gasteiger partial charge < -0.3 is 4.57 Å². The number of benzene rings is 1. The molecule has 0 radical (unpaired) electrons. The summed E-state index contributed by atoms with van der Waals surface area (Å²) < 4.78 is 2.20. The van der Waals surface area contributed by atoms with Crippen LogP contribution in [0.1, 0.15) is 22.5 Å². The number of aromatic nitrogens is 1. The summed E-state index contributed by atoms with van der Waals surface area (Å²) in [6.45, 7) is 6.32. The minimum Gasteiger partial charge on any atom is -0.318 e. The molecular weight excluding hydrogens is 196 g/mol. The fourth-order valence-electron chi connectivity index (χ4n) is 2.01. The predicted molar refractivity (Wildman–Crippen MR) is 64.7 cm³/mol. The fourth-order valence-corrected chi connectivity index (χ4v) is 2.01. The summed E-state index contributed by atoms with van der Waals surface area (Å²) in [7, 11) is 0. The first-order chi connectivity index (χ1) is 7.63. The zero-order valence-corrected chi connectivity index (χ0v) is 9.78. The van der Waals surface area contributed by atoms with Crippen molar-refractivity contribution in [2.45, 2.75) is 20.8 Å². The standard InChI is InChI=1S/C14H14N2/c1-10-8-11(2)16(12(10)3)14-6-4-13(9-15)5-7-14/h4-8H,1-3H3. The molecule has 2 rings (SSSR count). The van der Waals surface area contributed by atoms with E-state index in [0.717, 1.165) is 5.69 Å². The Morgan fingerprint density at radius 1 is 1.06 bits per heavy atom. The van der Waals surface area contributed by atoms with Crippen molar-refractivity contribution in [2.75, 3.05) is 0 Å². The van der Waals surface area contributed by atoms with Crippen LogP contribution in [-0.4, -0.2) is 4.57 Å². The van der Waals surface area contributed by atoms with Crippen LogP contribution >= 0.6 is 0 Å². The topological polar surface area (TPSA) is 28.7 Å². The molecule has 2 aromatic rings. The summed E-state index contributed by atoms with van der Waals surface area (Å²) in [6.07, 6.45) is 0. The van der Waals surface area contributed by atoms with Crippen molar-refractivity contribution in [1.29, 1.82) is 5.26 Å². The van der Waals surface area contributed by atoms with Gasteiger partial charge in [-0.25, -0.2) is 0 Å². The number of hydrogen-bond donors (Lipinski definition) is 0. The maximum absolute atomic E-state index is 8.76. The van der Waals surface area contributed by atoms with E-state index in [1.807, 2.05) is 24.3 Å². The first kappa shape index (κ1) is 10.5. The summed E-state index contributed by atoms with van der Waals surface area (Å²) in [5.41, 5.74) is 5.58. The molecule has 0 aliphatic carbocycles. The van der Waals surface area contributed by atoms with Gasteiger partial charge in [-0.05, 0) is 56.7 Å². The molecule has 0 amide bonds. The number of rotatable bonds is 1. The van der Waals surface area contributed by atoms with E-state index in [1.54, 1.807) is 0 Å². The van der Waals surface area contributed by atoms with Gasteiger partial charge in [0.15, 0.2) is 0 Å². The van der Waals surface area contributed by atoms with Crippen LogP contribution in [0, 0.1) is 32.1 Å². The Bertz CT molecular complexity index is 554. The second-order valence-electron chi connectivity index (χ2n) is 4.05. The molecule has 2 heteroatoms. The zero-order valence-electron chi connectivity index (χ0n) is 9.78. The third-order valence-corrected chi connectivity index (χ3v) is 2.94. The van der Waals surface area contributed by atoms with Crippen LogP contribution in [0.3, 0.4) is 0 Å². The second-order valence-corrected chi connectivity index (χ2v) is 4.05. The van der Waals surface area contributed by atoms with E-state index >= 15 is 0 Å². The van der Waals surface area contributed by atoms with Crippen molar-refractivity contribution < 1.29 is 0 Å². The van der Waals surface area contributed by atoms with E-state index in [9.17, 15) is 0 Å². The molecule has 0 unspecified atom stereocenters. The van der Waals surface area contributed by atoms with Gasteiger partial charge in [-0.1, -0.05) is 0 Å².